The van der Waals surface area contributed by atoms with Gasteiger partial charge < -0.3 is 20.3 Å². The first-order valence-electron chi connectivity index (χ1n) is 7.00. The Bertz CT molecular complexity index is 539. The number of aromatic nitrogens is 1. The summed E-state index contributed by atoms with van der Waals surface area (Å²) < 4.78 is 18.7. The van der Waals surface area contributed by atoms with E-state index in [1.54, 1.807) is 0 Å². The van der Waals surface area contributed by atoms with Gasteiger partial charge in [-0.25, -0.2) is 9.37 Å². The molecule has 2 N–H and O–H groups in total. The van der Waals surface area contributed by atoms with Gasteiger partial charge in [-0.2, -0.15) is 0 Å². The number of hydrogen-bond acceptors (Lipinski definition) is 5. The van der Waals surface area contributed by atoms with Crippen LogP contribution in [0.3, 0.4) is 0 Å². The van der Waals surface area contributed by atoms with Crippen molar-refractivity contribution in [3.63, 3.8) is 0 Å². The molecule has 1 unspecified atom stereocenters. The topological polar surface area (TPSA) is 49.4 Å². The molecule has 1 atom stereocenters. The number of methoxy groups -OCH3 is 1. The summed E-state index contributed by atoms with van der Waals surface area (Å²) in [7, 11) is 1.54. The number of halogens is 1. The lowest BCUT2D eigenvalue weighted by Crippen LogP contribution is -2.44. The van der Waals surface area contributed by atoms with E-state index < -0.39 is 0 Å². The van der Waals surface area contributed by atoms with Crippen LogP contribution in [0.2, 0.25) is 0 Å². The number of ether oxygens (including phenoxy) is 1. The van der Waals surface area contributed by atoms with Crippen molar-refractivity contribution in [1.82, 2.24) is 20.5 Å². The molecule has 0 radical (unpaired) electrons. The van der Waals surface area contributed by atoms with E-state index in [1.165, 1.54) is 13.2 Å². The zero-order chi connectivity index (χ0) is 15.6. The van der Waals surface area contributed by atoms with Gasteiger partial charge in [0.15, 0.2) is 0 Å². The van der Waals surface area contributed by atoms with E-state index in [1.807, 2.05) is 13.1 Å². The van der Waals surface area contributed by atoms with Crippen LogP contribution in [-0.2, 0) is 0 Å². The van der Waals surface area contributed by atoms with E-state index in [2.05, 4.69) is 41.3 Å². The standard InChI is InChI=1S/C15H23FN4O/c1-10(12-6-11(16)7-18-14(12)21-5)19-13-8-17-9-20(13)15(2,3)4/h6-8,10,17,19H,9H2,1-5H3. The third-order valence-electron chi connectivity index (χ3n) is 3.46. The Hall–Kier alpha value is -1.98. The van der Waals surface area contributed by atoms with Crippen LogP contribution in [0.15, 0.2) is 24.3 Å². The van der Waals surface area contributed by atoms with Crippen LogP contribution in [0, 0.1) is 5.82 Å². The van der Waals surface area contributed by atoms with Crippen molar-refractivity contribution in [3.8, 4) is 5.88 Å². The number of nitrogens with one attached hydrogen (secondary N) is 2. The molecular formula is C15H23FN4O. The van der Waals surface area contributed by atoms with E-state index in [9.17, 15) is 4.39 Å². The van der Waals surface area contributed by atoms with Gasteiger partial charge in [0.05, 0.1) is 26.0 Å². The number of rotatable bonds is 4. The van der Waals surface area contributed by atoms with E-state index >= 15 is 0 Å². The smallest absolute Gasteiger partial charge is 0.218 e. The fourth-order valence-electron chi connectivity index (χ4n) is 2.34. The largest absolute Gasteiger partial charge is 0.481 e. The van der Waals surface area contributed by atoms with Gasteiger partial charge in [0.1, 0.15) is 11.6 Å². The van der Waals surface area contributed by atoms with Gasteiger partial charge in [-0.05, 0) is 33.8 Å². The summed E-state index contributed by atoms with van der Waals surface area (Å²) in [5, 5.41) is 6.60. The molecule has 1 aliphatic heterocycles. The lowest BCUT2D eigenvalue weighted by Gasteiger charge is -2.36. The SMILES string of the molecule is COc1ncc(F)cc1C(C)NC1=CNCN1C(C)(C)C. The van der Waals surface area contributed by atoms with Crippen molar-refractivity contribution in [2.45, 2.75) is 39.3 Å². The summed E-state index contributed by atoms with van der Waals surface area (Å²) in [6.45, 7) is 9.13. The molecule has 1 aromatic heterocycles. The molecule has 6 heteroatoms. The highest BCUT2D eigenvalue weighted by molar-refractivity contribution is 5.30. The highest BCUT2D eigenvalue weighted by atomic mass is 19.1. The molecule has 0 fully saturated rings. The molecule has 21 heavy (non-hydrogen) atoms. The highest BCUT2D eigenvalue weighted by Crippen LogP contribution is 2.27. The van der Waals surface area contributed by atoms with Gasteiger partial charge >= 0.3 is 0 Å². The molecular weight excluding hydrogens is 271 g/mol. The first kappa shape index (κ1) is 15.4. The third kappa shape index (κ3) is 3.37. The predicted molar refractivity (Wildman–Crippen MR) is 80.0 cm³/mol. The van der Waals surface area contributed by atoms with Crippen molar-refractivity contribution in [1.29, 1.82) is 0 Å². The summed E-state index contributed by atoms with van der Waals surface area (Å²) >= 11 is 0. The number of pyridine rings is 1. The van der Waals surface area contributed by atoms with Crippen molar-refractivity contribution >= 4 is 0 Å². The molecule has 0 saturated heterocycles. The van der Waals surface area contributed by atoms with Crippen molar-refractivity contribution < 1.29 is 9.13 Å². The van der Waals surface area contributed by atoms with E-state index in [-0.39, 0.29) is 17.4 Å². The van der Waals surface area contributed by atoms with Gasteiger partial charge in [-0.3, -0.25) is 0 Å². The van der Waals surface area contributed by atoms with Crippen molar-refractivity contribution in [3.05, 3.63) is 35.7 Å². The minimum absolute atomic E-state index is 0.00761. The van der Waals surface area contributed by atoms with Gasteiger partial charge in [-0.15, -0.1) is 0 Å². The molecule has 1 aromatic rings. The van der Waals surface area contributed by atoms with Crippen LogP contribution in [0.4, 0.5) is 4.39 Å². The number of hydrogen-bond donors (Lipinski definition) is 2. The summed E-state index contributed by atoms with van der Waals surface area (Å²) in [6, 6.07) is 1.33. The van der Waals surface area contributed by atoms with E-state index in [0.29, 0.717) is 11.4 Å². The molecule has 0 aliphatic carbocycles. The average Bonchev–Trinajstić information content (AvgIpc) is 2.86. The normalized spacial score (nSPS) is 16.3. The monoisotopic (exact) mass is 294 g/mol. The van der Waals surface area contributed by atoms with Crippen LogP contribution >= 0.6 is 0 Å². The van der Waals surface area contributed by atoms with Crippen LogP contribution in [-0.4, -0.2) is 29.2 Å². The minimum atomic E-state index is -0.370. The Morgan fingerprint density at radius 2 is 2.19 bits per heavy atom. The summed E-state index contributed by atoms with van der Waals surface area (Å²) in [6.07, 6.45) is 3.09. The minimum Gasteiger partial charge on any atom is -0.481 e. The average molecular weight is 294 g/mol. The zero-order valence-corrected chi connectivity index (χ0v) is 13.2. The lowest BCUT2D eigenvalue weighted by atomic mass is 10.1. The van der Waals surface area contributed by atoms with Crippen LogP contribution in [0.25, 0.3) is 0 Å². The summed E-state index contributed by atoms with van der Waals surface area (Å²) in [5.74, 6) is 1.04. The molecule has 5 nitrogen and oxygen atoms in total. The second-order valence-corrected chi connectivity index (χ2v) is 6.11. The van der Waals surface area contributed by atoms with E-state index in [4.69, 9.17) is 4.74 Å². The Balaban J connectivity index is 2.18. The fourth-order valence-corrected chi connectivity index (χ4v) is 2.34. The summed E-state index contributed by atoms with van der Waals surface area (Å²) in [4.78, 5) is 6.19. The van der Waals surface area contributed by atoms with Crippen LogP contribution < -0.4 is 15.4 Å². The van der Waals surface area contributed by atoms with Crippen molar-refractivity contribution in [2.75, 3.05) is 13.8 Å². The Morgan fingerprint density at radius 3 is 2.81 bits per heavy atom. The molecule has 0 amide bonds. The third-order valence-corrected chi connectivity index (χ3v) is 3.46. The predicted octanol–water partition coefficient (Wildman–Crippen LogP) is 2.34. The zero-order valence-electron chi connectivity index (χ0n) is 13.2. The maximum Gasteiger partial charge on any atom is 0.218 e. The fraction of sp³-hybridized carbons (Fsp3) is 0.533. The first-order chi connectivity index (χ1) is 9.82. The molecule has 0 spiro atoms. The van der Waals surface area contributed by atoms with Crippen LogP contribution in [0.5, 0.6) is 5.88 Å². The second kappa shape index (κ2) is 5.79. The molecule has 0 aromatic carbocycles. The molecule has 2 heterocycles. The van der Waals surface area contributed by atoms with Gasteiger partial charge in [0.25, 0.3) is 0 Å². The first-order valence-corrected chi connectivity index (χ1v) is 7.00. The quantitative estimate of drug-likeness (QED) is 0.892. The molecule has 2 rings (SSSR count). The van der Waals surface area contributed by atoms with Gasteiger partial charge in [0, 0.05) is 17.3 Å². The Labute approximate surface area is 125 Å². The van der Waals surface area contributed by atoms with Gasteiger partial charge in [0.2, 0.25) is 5.88 Å². The molecule has 1 aliphatic rings. The lowest BCUT2D eigenvalue weighted by molar-refractivity contribution is 0.181. The Morgan fingerprint density at radius 1 is 1.48 bits per heavy atom. The highest BCUT2D eigenvalue weighted by Gasteiger charge is 2.28. The number of nitrogens with zero attached hydrogens (tertiary/aromatic N) is 2. The maximum atomic E-state index is 13.4. The second-order valence-electron chi connectivity index (χ2n) is 6.11. The van der Waals surface area contributed by atoms with Crippen LogP contribution in [0.1, 0.15) is 39.3 Å². The molecule has 116 valence electrons. The maximum absolute atomic E-state index is 13.4. The van der Waals surface area contributed by atoms with Crippen molar-refractivity contribution in [2.24, 2.45) is 0 Å². The molecule has 0 bridgehead atoms. The Kier molecular flexibility index (Phi) is 4.25. The van der Waals surface area contributed by atoms with E-state index in [0.717, 1.165) is 18.7 Å². The molecule has 0 saturated carbocycles. The van der Waals surface area contributed by atoms with Gasteiger partial charge in [-0.1, -0.05) is 0 Å². The summed E-state index contributed by atoms with van der Waals surface area (Å²) in [5.41, 5.74) is 0.686.